The number of methoxy groups -OCH3 is 1. The number of amides is 1. The number of anilines is 1. The molecule has 0 unspecified atom stereocenters. The predicted octanol–water partition coefficient (Wildman–Crippen LogP) is 7.00. The van der Waals surface area contributed by atoms with Gasteiger partial charge in [0.05, 0.1) is 0 Å². The summed E-state index contributed by atoms with van der Waals surface area (Å²) >= 11 is 0. The summed E-state index contributed by atoms with van der Waals surface area (Å²) in [6, 6.07) is 17.8. The van der Waals surface area contributed by atoms with Gasteiger partial charge in [0.2, 0.25) is 0 Å². The van der Waals surface area contributed by atoms with Crippen LogP contribution in [0.3, 0.4) is 0 Å². The zero-order chi connectivity index (χ0) is 24.1. The van der Waals surface area contributed by atoms with E-state index in [0.29, 0.717) is 11.1 Å². The molecule has 2 aromatic carbocycles. The summed E-state index contributed by atoms with van der Waals surface area (Å²) in [7, 11) is 3.25. The van der Waals surface area contributed by atoms with Crippen molar-refractivity contribution in [2.24, 2.45) is 5.41 Å². The highest BCUT2D eigenvalue weighted by Crippen LogP contribution is 2.36. The van der Waals surface area contributed by atoms with Crippen LogP contribution in [0.5, 0.6) is 0 Å². The van der Waals surface area contributed by atoms with E-state index in [1.54, 1.807) is 14.2 Å². The largest absolute Gasteiger partial charge is 0.465 e. The Labute approximate surface area is 188 Å². The van der Waals surface area contributed by atoms with Crippen LogP contribution in [0.4, 0.5) is 10.5 Å². The van der Waals surface area contributed by atoms with Crippen molar-refractivity contribution in [1.82, 2.24) is 0 Å². The second-order valence-electron chi connectivity index (χ2n) is 7.20. The molecule has 0 radical (unpaired) electrons. The predicted molar refractivity (Wildman–Crippen MR) is 131 cm³/mol. The molecule has 0 aliphatic carbocycles. The Kier molecular flexibility index (Phi) is 19.0. The van der Waals surface area contributed by atoms with Gasteiger partial charge in [-0.05, 0) is 48.4 Å². The van der Waals surface area contributed by atoms with Crippen molar-refractivity contribution >= 4 is 18.6 Å². The highest BCUT2D eigenvalue weighted by atomic mass is 16.4. The maximum Gasteiger partial charge on any atom is 0.409 e. The van der Waals surface area contributed by atoms with Crippen LogP contribution in [0.1, 0.15) is 57.6 Å². The van der Waals surface area contributed by atoms with Crippen LogP contribution in [0, 0.1) is 12.3 Å². The number of rotatable bonds is 7. The van der Waals surface area contributed by atoms with E-state index < -0.39 is 6.09 Å². The first kappa shape index (κ1) is 30.5. The molecular formula is C26H41NO4. The molecule has 5 heteroatoms. The summed E-state index contributed by atoms with van der Waals surface area (Å²) in [5.41, 5.74) is 3.56. The molecule has 0 aliphatic rings. The lowest BCUT2D eigenvalue weighted by Crippen LogP contribution is -2.19. The number of carbonyl (C=O) groups is 2. The molecule has 1 amide bonds. The van der Waals surface area contributed by atoms with E-state index in [1.165, 1.54) is 30.4 Å². The van der Waals surface area contributed by atoms with Crippen LogP contribution in [-0.2, 0) is 16.0 Å². The zero-order valence-corrected chi connectivity index (χ0v) is 20.1. The van der Waals surface area contributed by atoms with Gasteiger partial charge in [0, 0.05) is 19.9 Å². The molecular weight excluding hydrogens is 390 g/mol. The van der Waals surface area contributed by atoms with Crippen molar-refractivity contribution in [3.05, 3.63) is 65.7 Å². The number of hydrogen-bond acceptors (Lipinski definition) is 3. The first-order valence-electron chi connectivity index (χ1n) is 10.7. The number of carbonyl (C=O) groups excluding carboxylic acids is 1. The lowest BCUT2D eigenvalue weighted by Gasteiger charge is -2.30. The Morgan fingerprint density at radius 3 is 1.74 bits per heavy atom. The monoisotopic (exact) mass is 431 g/mol. The molecule has 2 N–H and O–H groups in total. The average molecular weight is 432 g/mol. The Morgan fingerprint density at radius 1 is 0.968 bits per heavy atom. The molecule has 0 atom stereocenters. The minimum absolute atomic E-state index is 0.419. The smallest absolute Gasteiger partial charge is 0.409 e. The Morgan fingerprint density at radius 2 is 1.39 bits per heavy atom. The Hall–Kier alpha value is -2.66. The minimum atomic E-state index is -1.01. The second-order valence-corrected chi connectivity index (χ2v) is 7.20. The van der Waals surface area contributed by atoms with E-state index >= 15 is 0 Å². The summed E-state index contributed by atoms with van der Waals surface area (Å²) in [5.74, 6) is 0. The first-order valence-corrected chi connectivity index (χ1v) is 10.7. The van der Waals surface area contributed by atoms with Gasteiger partial charge in [-0.3, -0.25) is 5.32 Å². The van der Waals surface area contributed by atoms with Gasteiger partial charge in [-0.25, -0.2) is 4.79 Å². The van der Waals surface area contributed by atoms with Gasteiger partial charge in [-0.1, -0.05) is 82.5 Å². The van der Waals surface area contributed by atoms with E-state index in [2.05, 4.69) is 37.7 Å². The fourth-order valence-electron chi connectivity index (χ4n) is 3.21. The van der Waals surface area contributed by atoms with Crippen molar-refractivity contribution in [3.63, 3.8) is 0 Å². The molecule has 0 saturated heterocycles. The van der Waals surface area contributed by atoms with Crippen molar-refractivity contribution in [2.45, 2.75) is 59.8 Å². The molecule has 174 valence electrons. The number of benzene rings is 2. The molecule has 0 bridgehead atoms. The summed E-state index contributed by atoms with van der Waals surface area (Å²) in [5, 5.41) is 11.2. The number of aryl methyl sites for hydroxylation is 2. The van der Waals surface area contributed by atoms with E-state index in [0.717, 1.165) is 12.8 Å². The molecule has 0 fully saturated rings. The van der Waals surface area contributed by atoms with Gasteiger partial charge >= 0.3 is 6.09 Å². The van der Waals surface area contributed by atoms with Crippen molar-refractivity contribution in [2.75, 3.05) is 19.5 Å². The Bertz CT molecular complexity index is 650. The average Bonchev–Trinajstić information content (AvgIpc) is 2.80. The topological polar surface area (TPSA) is 75.6 Å². The lowest BCUT2D eigenvalue weighted by molar-refractivity contribution is -0.0980. The molecule has 0 spiro atoms. The summed E-state index contributed by atoms with van der Waals surface area (Å²) < 4.78 is 4.25. The van der Waals surface area contributed by atoms with E-state index in [-0.39, 0.29) is 0 Å². The third-order valence-electron chi connectivity index (χ3n) is 5.44. The molecule has 5 nitrogen and oxygen atoms in total. The van der Waals surface area contributed by atoms with Gasteiger partial charge in [-0.2, -0.15) is 0 Å². The van der Waals surface area contributed by atoms with Gasteiger partial charge in [0.1, 0.15) is 6.79 Å². The third kappa shape index (κ3) is 14.1. The van der Waals surface area contributed by atoms with Crippen LogP contribution in [0.25, 0.3) is 0 Å². The number of ether oxygens (including phenoxy) is 1. The third-order valence-corrected chi connectivity index (χ3v) is 5.44. The normalized spacial score (nSPS) is 9.61. The van der Waals surface area contributed by atoms with Gasteiger partial charge in [0.25, 0.3) is 0 Å². The van der Waals surface area contributed by atoms with Crippen LogP contribution < -0.4 is 5.32 Å². The first-order chi connectivity index (χ1) is 14.9. The molecule has 0 saturated carbocycles. The maximum atomic E-state index is 10.7. The maximum absolute atomic E-state index is 10.7. The lowest BCUT2D eigenvalue weighted by atomic mass is 9.75. The molecule has 0 heterocycles. The van der Waals surface area contributed by atoms with Crippen molar-refractivity contribution < 1.29 is 19.4 Å². The highest BCUT2D eigenvalue weighted by molar-refractivity contribution is 5.83. The van der Waals surface area contributed by atoms with Crippen molar-refractivity contribution in [3.8, 4) is 0 Å². The van der Waals surface area contributed by atoms with Gasteiger partial charge in [-0.15, -0.1) is 0 Å². The summed E-state index contributed by atoms with van der Waals surface area (Å²) in [6.07, 6.45) is 4.76. The number of nitrogens with one attached hydrogen (secondary N) is 1. The SMILES string of the molecule is C=O.CCC(CC)(CC)CCc1cc(NC(=O)O)ccc1C.COC.c1ccccc1. The van der Waals surface area contributed by atoms with E-state index in [4.69, 9.17) is 9.90 Å². The van der Waals surface area contributed by atoms with Gasteiger partial charge in [0.15, 0.2) is 0 Å². The minimum Gasteiger partial charge on any atom is -0.465 e. The van der Waals surface area contributed by atoms with Crippen LogP contribution in [0.15, 0.2) is 54.6 Å². The van der Waals surface area contributed by atoms with Crippen LogP contribution in [0.2, 0.25) is 0 Å². The number of hydrogen-bond donors (Lipinski definition) is 2. The molecule has 31 heavy (non-hydrogen) atoms. The zero-order valence-electron chi connectivity index (χ0n) is 20.1. The summed E-state index contributed by atoms with van der Waals surface area (Å²) in [6.45, 7) is 10.9. The molecule has 2 aromatic rings. The molecule has 2 rings (SSSR count). The Balaban J connectivity index is 0. The van der Waals surface area contributed by atoms with E-state index in [1.807, 2.05) is 61.4 Å². The van der Waals surface area contributed by atoms with Crippen molar-refractivity contribution in [1.29, 1.82) is 0 Å². The fourth-order valence-corrected chi connectivity index (χ4v) is 3.21. The standard InChI is InChI=1S/C17H27NO2.C6H6.C2H6O.CH2O/c1-5-17(6-2,7-3)11-10-14-12-15(18-16(19)20)9-8-13(14)4;1-2-4-6-5-3-1;1-3-2;1-2/h8-9,12,18H,5-7,10-11H2,1-4H3,(H,19,20);1-6H;1-2H3;1H2. The molecule has 0 aromatic heterocycles. The van der Waals surface area contributed by atoms with Crippen LogP contribution in [-0.4, -0.2) is 32.2 Å². The fraction of sp³-hybridized carbons (Fsp3) is 0.462. The second kappa shape index (κ2) is 19.3. The highest BCUT2D eigenvalue weighted by Gasteiger charge is 2.23. The quantitative estimate of drug-likeness (QED) is 0.495. The van der Waals surface area contributed by atoms with Crippen LogP contribution >= 0.6 is 0 Å². The molecule has 0 aliphatic heterocycles. The number of carboxylic acid groups (broad SMARTS) is 1. The van der Waals surface area contributed by atoms with E-state index in [9.17, 15) is 4.79 Å². The van der Waals surface area contributed by atoms with Gasteiger partial charge < -0.3 is 14.6 Å². The summed E-state index contributed by atoms with van der Waals surface area (Å²) in [4.78, 5) is 18.7.